The molecular weight excluding hydrogens is 376 g/mol. The van der Waals surface area contributed by atoms with E-state index in [1.54, 1.807) is 20.3 Å². The summed E-state index contributed by atoms with van der Waals surface area (Å²) in [7, 11) is 3.22. The lowest BCUT2D eigenvalue weighted by Crippen LogP contribution is -2.47. The van der Waals surface area contributed by atoms with Gasteiger partial charge in [0, 0.05) is 26.2 Å². The van der Waals surface area contributed by atoms with Gasteiger partial charge in [-0.25, -0.2) is 0 Å². The summed E-state index contributed by atoms with van der Waals surface area (Å²) < 4.78 is 10.6. The fourth-order valence-corrected chi connectivity index (χ4v) is 3.99. The van der Waals surface area contributed by atoms with Crippen LogP contribution in [0.1, 0.15) is 23.0 Å². The molecule has 6 nitrogen and oxygen atoms in total. The van der Waals surface area contributed by atoms with Gasteiger partial charge in [-0.3, -0.25) is 9.80 Å². The largest absolute Gasteiger partial charge is 0.481 e. The summed E-state index contributed by atoms with van der Waals surface area (Å²) in [6, 6.07) is 23.5. The van der Waals surface area contributed by atoms with Gasteiger partial charge in [0.15, 0.2) is 0 Å². The van der Waals surface area contributed by atoms with Gasteiger partial charge in [0.05, 0.1) is 32.9 Å². The van der Waals surface area contributed by atoms with E-state index in [-0.39, 0.29) is 6.04 Å². The Hall–Kier alpha value is -2.96. The quantitative estimate of drug-likeness (QED) is 0.602. The van der Waals surface area contributed by atoms with Crippen molar-refractivity contribution in [3.8, 4) is 11.8 Å². The van der Waals surface area contributed by atoms with Gasteiger partial charge < -0.3 is 9.47 Å². The van der Waals surface area contributed by atoms with Crippen LogP contribution in [0.25, 0.3) is 0 Å². The fourth-order valence-electron chi connectivity index (χ4n) is 3.99. The highest BCUT2D eigenvalue weighted by atomic mass is 16.5. The molecule has 0 unspecified atom stereocenters. The van der Waals surface area contributed by atoms with E-state index in [0.29, 0.717) is 18.3 Å². The third-order valence-corrected chi connectivity index (χ3v) is 5.51. The Bertz CT molecular complexity index is 867. The smallest absolute Gasteiger partial charge is 0.220 e. The highest BCUT2D eigenvalue weighted by Gasteiger charge is 2.26. The monoisotopic (exact) mass is 404 g/mol. The van der Waals surface area contributed by atoms with Gasteiger partial charge in [-0.1, -0.05) is 60.7 Å². The molecule has 2 heterocycles. The molecule has 1 aromatic heterocycles. The second-order valence-electron chi connectivity index (χ2n) is 7.40. The first-order chi connectivity index (χ1) is 14.8. The molecule has 0 atom stereocenters. The van der Waals surface area contributed by atoms with E-state index in [2.05, 4.69) is 80.4 Å². The molecule has 6 heteroatoms. The maximum Gasteiger partial charge on any atom is 0.220 e. The minimum Gasteiger partial charge on any atom is -0.481 e. The molecule has 0 bridgehead atoms. The molecule has 0 spiro atoms. The Morgan fingerprint density at radius 3 is 1.73 bits per heavy atom. The van der Waals surface area contributed by atoms with E-state index in [9.17, 15) is 0 Å². The van der Waals surface area contributed by atoms with Crippen LogP contribution in [0.5, 0.6) is 11.8 Å². The standard InChI is InChI=1S/C24H28N4O2/c1-29-22-17-23(30-2)26-21(25-22)18-27-13-15-28(16-14-27)24(19-9-5-3-6-10-19)20-11-7-4-8-12-20/h3-12,17,24H,13-16,18H2,1-2H3. The Morgan fingerprint density at radius 1 is 0.767 bits per heavy atom. The van der Waals surface area contributed by atoms with E-state index in [0.717, 1.165) is 32.0 Å². The van der Waals surface area contributed by atoms with Crippen LogP contribution in [0.2, 0.25) is 0 Å². The zero-order chi connectivity index (χ0) is 20.8. The second-order valence-corrected chi connectivity index (χ2v) is 7.40. The zero-order valence-electron chi connectivity index (χ0n) is 17.6. The number of aromatic nitrogens is 2. The summed E-state index contributed by atoms with van der Waals surface area (Å²) in [6.07, 6.45) is 0. The van der Waals surface area contributed by atoms with Crippen LogP contribution in [-0.2, 0) is 6.54 Å². The summed E-state index contributed by atoms with van der Waals surface area (Å²) in [5.41, 5.74) is 2.66. The van der Waals surface area contributed by atoms with Crippen LogP contribution in [0.4, 0.5) is 0 Å². The van der Waals surface area contributed by atoms with Gasteiger partial charge >= 0.3 is 0 Å². The molecule has 1 saturated heterocycles. The molecule has 4 rings (SSSR count). The lowest BCUT2D eigenvalue weighted by molar-refractivity contribution is 0.102. The SMILES string of the molecule is COc1cc(OC)nc(CN2CCN(C(c3ccccc3)c3ccccc3)CC2)n1. The lowest BCUT2D eigenvalue weighted by atomic mass is 9.96. The normalized spacial score (nSPS) is 15.3. The van der Waals surface area contributed by atoms with Crippen molar-refractivity contribution in [3.05, 3.63) is 83.7 Å². The third kappa shape index (κ3) is 4.78. The summed E-state index contributed by atoms with van der Waals surface area (Å²) in [6.45, 7) is 4.56. The van der Waals surface area contributed by atoms with Crippen molar-refractivity contribution < 1.29 is 9.47 Å². The molecule has 1 aliphatic heterocycles. The zero-order valence-corrected chi connectivity index (χ0v) is 17.6. The van der Waals surface area contributed by atoms with Crippen LogP contribution in [-0.4, -0.2) is 60.2 Å². The first kappa shape index (κ1) is 20.3. The van der Waals surface area contributed by atoms with E-state index in [4.69, 9.17) is 9.47 Å². The van der Waals surface area contributed by atoms with Crippen molar-refractivity contribution in [2.45, 2.75) is 12.6 Å². The van der Waals surface area contributed by atoms with Gasteiger partial charge in [0.1, 0.15) is 5.82 Å². The molecule has 0 radical (unpaired) electrons. The van der Waals surface area contributed by atoms with Gasteiger partial charge in [-0.2, -0.15) is 9.97 Å². The molecule has 1 aliphatic rings. The van der Waals surface area contributed by atoms with E-state index >= 15 is 0 Å². The minimum atomic E-state index is 0.266. The highest BCUT2D eigenvalue weighted by molar-refractivity contribution is 5.32. The third-order valence-electron chi connectivity index (χ3n) is 5.51. The number of rotatable bonds is 7. The number of hydrogen-bond acceptors (Lipinski definition) is 6. The second kappa shape index (κ2) is 9.69. The van der Waals surface area contributed by atoms with Crippen LogP contribution >= 0.6 is 0 Å². The van der Waals surface area contributed by atoms with Gasteiger partial charge in [0.2, 0.25) is 11.8 Å². The van der Waals surface area contributed by atoms with Crippen LogP contribution in [0, 0.1) is 0 Å². The average Bonchev–Trinajstić information content (AvgIpc) is 2.81. The molecule has 1 fully saturated rings. The van der Waals surface area contributed by atoms with Gasteiger partial charge in [0.25, 0.3) is 0 Å². The molecule has 0 saturated carbocycles. The van der Waals surface area contributed by atoms with Gasteiger partial charge in [-0.15, -0.1) is 0 Å². The Morgan fingerprint density at radius 2 is 1.27 bits per heavy atom. The molecule has 0 amide bonds. The first-order valence-corrected chi connectivity index (χ1v) is 10.3. The maximum atomic E-state index is 5.28. The summed E-state index contributed by atoms with van der Waals surface area (Å²) in [5, 5.41) is 0. The Balaban J connectivity index is 1.46. The molecule has 3 aromatic rings. The van der Waals surface area contributed by atoms with Crippen molar-refractivity contribution in [2.24, 2.45) is 0 Å². The molecule has 0 N–H and O–H groups in total. The first-order valence-electron chi connectivity index (χ1n) is 10.3. The van der Waals surface area contributed by atoms with Crippen molar-refractivity contribution in [3.63, 3.8) is 0 Å². The lowest BCUT2D eigenvalue weighted by Gasteiger charge is -2.39. The topological polar surface area (TPSA) is 50.7 Å². The van der Waals surface area contributed by atoms with Crippen molar-refractivity contribution in [2.75, 3.05) is 40.4 Å². The molecule has 30 heavy (non-hydrogen) atoms. The Labute approximate surface area is 178 Å². The molecule has 2 aromatic carbocycles. The number of hydrogen-bond donors (Lipinski definition) is 0. The maximum absolute atomic E-state index is 5.28. The molecule has 156 valence electrons. The molecule has 0 aliphatic carbocycles. The van der Waals surface area contributed by atoms with E-state index in [1.807, 2.05) is 0 Å². The fraction of sp³-hybridized carbons (Fsp3) is 0.333. The highest BCUT2D eigenvalue weighted by Crippen LogP contribution is 2.29. The van der Waals surface area contributed by atoms with Crippen molar-refractivity contribution >= 4 is 0 Å². The number of methoxy groups -OCH3 is 2. The summed E-state index contributed by atoms with van der Waals surface area (Å²) in [5.74, 6) is 1.79. The number of ether oxygens (including phenoxy) is 2. The number of benzene rings is 2. The summed E-state index contributed by atoms with van der Waals surface area (Å²) in [4.78, 5) is 13.9. The number of piperazine rings is 1. The van der Waals surface area contributed by atoms with Gasteiger partial charge in [-0.05, 0) is 11.1 Å². The van der Waals surface area contributed by atoms with Crippen molar-refractivity contribution in [1.29, 1.82) is 0 Å². The van der Waals surface area contributed by atoms with Crippen LogP contribution in [0.3, 0.4) is 0 Å². The Kier molecular flexibility index (Phi) is 6.57. The predicted molar refractivity (Wildman–Crippen MR) is 117 cm³/mol. The minimum absolute atomic E-state index is 0.266. The average molecular weight is 405 g/mol. The summed E-state index contributed by atoms with van der Waals surface area (Å²) >= 11 is 0. The van der Waals surface area contributed by atoms with Crippen LogP contribution in [0.15, 0.2) is 66.7 Å². The molecular formula is C24H28N4O2. The number of nitrogens with zero attached hydrogens (tertiary/aromatic N) is 4. The predicted octanol–water partition coefficient (Wildman–Crippen LogP) is 3.40. The van der Waals surface area contributed by atoms with E-state index in [1.165, 1.54) is 11.1 Å². The van der Waals surface area contributed by atoms with E-state index < -0.39 is 0 Å². The van der Waals surface area contributed by atoms with Crippen LogP contribution < -0.4 is 9.47 Å². The van der Waals surface area contributed by atoms with Crippen molar-refractivity contribution in [1.82, 2.24) is 19.8 Å².